The van der Waals surface area contributed by atoms with Crippen LogP contribution in [0.5, 0.6) is 0 Å². The van der Waals surface area contributed by atoms with Gasteiger partial charge in [-0.2, -0.15) is 0 Å². The molecule has 0 bridgehead atoms. The first kappa shape index (κ1) is 19.0. The van der Waals surface area contributed by atoms with Crippen molar-refractivity contribution in [3.8, 4) is 11.4 Å². The van der Waals surface area contributed by atoms with Crippen LogP contribution in [0.3, 0.4) is 0 Å². The van der Waals surface area contributed by atoms with Crippen molar-refractivity contribution in [3.63, 3.8) is 0 Å². The number of nitrogens with one attached hydrogen (secondary N) is 1. The summed E-state index contributed by atoms with van der Waals surface area (Å²) >= 11 is 7.39. The topological polar surface area (TPSA) is 59.8 Å². The molecule has 1 aliphatic rings. The number of halogens is 2. The van der Waals surface area contributed by atoms with Gasteiger partial charge in [-0.25, -0.2) is 4.39 Å². The summed E-state index contributed by atoms with van der Waals surface area (Å²) in [5, 5.41) is 12.6. The molecule has 0 radical (unpaired) electrons. The summed E-state index contributed by atoms with van der Waals surface area (Å²) in [6, 6.07) is 13.9. The third-order valence-corrected chi connectivity index (χ3v) is 5.54. The highest BCUT2D eigenvalue weighted by Crippen LogP contribution is 2.41. The molecule has 1 fully saturated rings. The van der Waals surface area contributed by atoms with E-state index in [4.69, 9.17) is 11.6 Å². The van der Waals surface area contributed by atoms with Gasteiger partial charge in [-0.05, 0) is 43.2 Å². The van der Waals surface area contributed by atoms with E-state index in [0.29, 0.717) is 40.3 Å². The van der Waals surface area contributed by atoms with Crippen molar-refractivity contribution in [1.82, 2.24) is 14.8 Å². The summed E-state index contributed by atoms with van der Waals surface area (Å²) in [6.45, 7) is 0. The molecule has 1 heterocycles. The zero-order valence-electron chi connectivity index (χ0n) is 14.9. The van der Waals surface area contributed by atoms with Crippen molar-refractivity contribution in [1.29, 1.82) is 0 Å². The second-order valence-electron chi connectivity index (χ2n) is 6.54. The number of nitrogens with zero attached hydrogens (tertiary/aromatic N) is 3. The zero-order valence-corrected chi connectivity index (χ0v) is 16.5. The lowest BCUT2D eigenvalue weighted by molar-refractivity contribution is -0.115. The number of carbonyl (C=O) groups excluding carboxylic acids is 1. The van der Waals surface area contributed by atoms with Crippen molar-refractivity contribution < 1.29 is 9.18 Å². The minimum Gasteiger partial charge on any atom is -0.326 e. The maximum absolute atomic E-state index is 14.2. The zero-order chi connectivity index (χ0) is 19.5. The summed E-state index contributed by atoms with van der Waals surface area (Å²) in [4.78, 5) is 12.2. The molecular formula is C20H18ClFN4OS. The Morgan fingerprint density at radius 1 is 1.21 bits per heavy atom. The summed E-state index contributed by atoms with van der Waals surface area (Å²) in [7, 11) is 0. The third-order valence-electron chi connectivity index (χ3n) is 4.36. The molecule has 0 saturated heterocycles. The Kier molecular flexibility index (Phi) is 5.64. The Hall–Kier alpha value is -2.38. The van der Waals surface area contributed by atoms with Gasteiger partial charge in [-0.3, -0.25) is 9.36 Å². The highest BCUT2D eigenvalue weighted by molar-refractivity contribution is 7.99. The Bertz CT molecular complexity index is 1010. The Labute approximate surface area is 171 Å². The molecule has 2 aromatic carbocycles. The van der Waals surface area contributed by atoms with Crippen LogP contribution in [0.25, 0.3) is 11.4 Å². The molecule has 1 aliphatic carbocycles. The van der Waals surface area contributed by atoms with Crippen LogP contribution in [0.15, 0.2) is 53.7 Å². The number of amides is 1. The lowest BCUT2D eigenvalue weighted by Crippen LogP contribution is -2.12. The Morgan fingerprint density at radius 2 is 2.04 bits per heavy atom. The van der Waals surface area contributed by atoms with Crippen LogP contribution in [-0.4, -0.2) is 26.4 Å². The molecule has 1 amide bonds. The summed E-state index contributed by atoms with van der Waals surface area (Å²) < 4.78 is 16.2. The van der Waals surface area contributed by atoms with Gasteiger partial charge in [0, 0.05) is 28.9 Å². The summed E-state index contributed by atoms with van der Waals surface area (Å²) in [6.07, 6.45) is 2.38. The van der Waals surface area contributed by atoms with Gasteiger partial charge in [0.05, 0.1) is 5.56 Å². The summed E-state index contributed by atoms with van der Waals surface area (Å²) in [5.41, 5.74) is 1.12. The average molecular weight is 417 g/mol. The monoisotopic (exact) mass is 416 g/mol. The van der Waals surface area contributed by atoms with E-state index in [-0.39, 0.29) is 11.7 Å². The molecule has 0 atom stereocenters. The molecule has 4 rings (SSSR count). The van der Waals surface area contributed by atoms with E-state index < -0.39 is 0 Å². The quantitative estimate of drug-likeness (QED) is 0.538. The first-order valence-corrected chi connectivity index (χ1v) is 10.4. The number of anilines is 1. The minimum atomic E-state index is -0.311. The predicted molar refractivity (Wildman–Crippen MR) is 109 cm³/mol. The SMILES string of the molecule is O=C(CCSc1nnc(-c2ccccc2F)n1C1CC1)Nc1cccc(Cl)c1. The molecule has 8 heteroatoms. The highest BCUT2D eigenvalue weighted by atomic mass is 35.5. The second kappa shape index (κ2) is 8.32. The third kappa shape index (κ3) is 4.36. The van der Waals surface area contributed by atoms with Crippen molar-refractivity contribution in [2.45, 2.75) is 30.5 Å². The molecular weight excluding hydrogens is 399 g/mol. The van der Waals surface area contributed by atoms with E-state index in [9.17, 15) is 9.18 Å². The number of benzene rings is 2. The van der Waals surface area contributed by atoms with Crippen LogP contribution in [0, 0.1) is 5.82 Å². The van der Waals surface area contributed by atoms with Gasteiger partial charge >= 0.3 is 0 Å². The van der Waals surface area contributed by atoms with Crippen LogP contribution in [0.1, 0.15) is 25.3 Å². The molecule has 28 heavy (non-hydrogen) atoms. The van der Waals surface area contributed by atoms with Gasteiger partial charge < -0.3 is 5.32 Å². The Balaban J connectivity index is 1.41. The lowest BCUT2D eigenvalue weighted by atomic mass is 10.2. The van der Waals surface area contributed by atoms with E-state index in [1.165, 1.54) is 17.8 Å². The molecule has 0 aliphatic heterocycles. The average Bonchev–Trinajstić information content (AvgIpc) is 3.42. The molecule has 1 saturated carbocycles. The van der Waals surface area contributed by atoms with Gasteiger partial charge in [0.2, 0.25) is 5.91 Å². The van der Waals surface area contributed by atoms with E-state index in [1.807, 2.05) is 4.57 Å². The van der Waals surface area contributed by atoms with E-state index in [0.717, 1.165) is 18.0 Å². The number of aromatic nitrogens is 3. The molecule has 1 aromatic heterocycles. The first-order valence-electron chi connectivity index (χ1n) is 9.00. The summed E-state index contributed by atoms with van der Waals surface area (Å²) in [5.74, 6) is 0.691. The minimum absolute atomic E-state index is 0.0958. The van der Waals surface area contributed by atoms with Gasteiger partial charge in [0.15, 0.2) is 11.0 Å². The van der Waals surface area contributed by atoms with Gasteiger partial charge in [-0.15, -0.1) is 10.2 Å². The van der Waals surface area contributed by atoms with Crippen molar-refractivity contribution >= 4 is 35.0 Å². The largest absolute Gasteiger partial charge is 0.326 e. The molecule has 5 nitrogen and oxygen atoms in total. The molecule has 1 N–H and O–H groups in total. The van der Waals surface area contributed by atoms with E-state index >= 15 is 0 Å². The number of thioether (sulfide) groups is 1. The number of hydrogen-bond donors (Lipinski definition) is 1. The van der Waals surface area contributed by atoms with Crippen LogP contribution in [-0.2, 0) is 4.79 Å². The van der Waals surface area contributed by atoms with Crippen LogP contribution in [0.4, 0.5) is 10.1 Å². The predicted octanol–water partition coefficient (Wildman–Crippen LogP) is 5.19. The van der Waals surface area contributed by atoms with Crippen LogP contribution >= 0.6 is 23.4 Å². The van der Waals surface area contributed by atoms with Gasteiger partial charge in [0.25, 0.3) is 0 Å². The highest BCUT2D eigenvalue weighted by Gasteiger charge is 2.30. The van der Waals surface area contributed by atoms with Gasteiger partial charge in [-0.1, -0.05) is 41.6 Å². The van der Waals surface area contributed by atoms with Crippen LogP contribution in [0.2, 0.25) is 5.02 Å². The normalized spacial score (nSPS) is 13.5. The number of rotatable bonds is 7. The van der Waals surface area contributed by atoms with Crippen LogP contribution < -0.4 is 5.32 Å². The maximum atomic E-state index is 14.2. The van der Waals surface area contributed by atoms with Crippen molar-refractivity contribution in [2.75, 3.05) is 11.1 Å². The molecule has 144 valence electrons. The fourth-order valence-corrected chi connectivity index (χ4v) is 4.02. The fraction of sp³-hybridized carbons (Fsp3) is 0.250. The Morgan fingerprint density at radius 3 is 2.79 bits per heavy atom. The maximum Gasteiger partial charge on any atom is 0.225 e. The standard InChI is InChI=1S/C20H18ClFN4OS/c21-13-4-3-5-14(12-13)23-18(27)10-11-28-20-25-24-19(26(20)15-8-9-15)16-6-1-2-7-17(16)22/h1-7,12,15H,8-11H2,(H,23,27). The lowest BCUT2D eigenvalue weighted by Gasteiger charge is -2.09. The first-order chi connectivity index (χ1) is 13.6. The molecule has 0 spiro atoms. The van der Waals surface area contributed by atoms with Gasteiger partial charge in [0.1, 0.15) is 5.82 Å². The smallest absolute Gasteiger partial charge is 0.225 e. The molecule has 0 unspecified atom stereocenters. The van der Waals surface area contributed by atoms with E-state index in [2.05, 4.69) is 15.5 Å². The van der Waals surface area contributed by atoms with Crippen molar-refractivity contribution in [3.05, 3.63) is 59.4 Å². The molecule has 3 aromatic rings. The fourth-order valence-electron chi connectivity index (χ4n) is 2.89. The van der Waals surface area contributed by atoms with E-state index in [1.54, 1.807) is 42.5 Å². The number of carbonyl (C=O) groups is 1. The number of hydrogen-bond acceptors (Lipinski definition) is 4. The second-order valence-corrected chi connectivity index (χ2v) is 8.04. The van der Waals surface area contributed by atoms with Crippen molar-refractivity contribution in [2.24, 2.45) is 0 Å².